The highest BCUT2D eigenvalue weighted by Gasteiger charge is 2.28. The average molecular weight is 541 g/mol. The van der Waals surface area contributed by atoms with Crippen molar-refractivity contribution in [3.05, 3.63) is 82.9 Å². The number of rotatable bonds is 10. The molecule has 0 aliphatic carbocycles. The third-order valence-corrected chi connectivity index (χ3v) is 8.83. The first-order valence-electron chi connectivity index (χ1n) is 12.6. The molecule has 0 atom stereocenters. The van der Waals surface area contributed by atoms with Gasteiger partial charge in [-0.3, -0.25) is 9.11 Å². The van der Waals surface area contributed by atoms with Crippen LogP contribution < -0.4 is 0 Å². The lowest BCUT2D eigenvalue weighted by Crippen LogP contribution is -2.13. The summed E-state index contributed by atoms with van der Waals surface area (Å²) in [7, 11) is -9.32. The van der Waals surface area contributed by atoms with Crippen LogP contribution in [-0.4, -0.2) is 25.9 Å². The van der Waals surface area contributed by atoms with E-state index in [1.165, 1.54) is 0 Å². The molecule has 8 heteroatoms. The Labute approximate surface area is 218 Å². The molecule has 0 aromatic heterocycles. The van der Waals surface area contributed by atoms with Gasteiger partial charge in [0.1, 0.15) is 9.79 Å². The second kappa shape index (κ2) is 10.9. The van der Waals surface area contributed by atoms with E-state index in [2.05, 4.69) is 0 Å². The summed E-state index contributed by atoms with van der Waals surface area (Å²) in [6.45, 7) is 4.07. The van der Waals surface area contributed by atoms with Crippen LogP contribution in [-0.2, 0) is 39.5 Å². The van der Waals surface area contributed by atoms with E-state index in [0.29, 0.717) is 45.5 Å². The smallest absolute Gasteiger partial charge is 0.282 e. The molecule has 4 aromatic rings. The molecule has 2 N–H and O–H groups in total. The maximum Gasteiger partial charge on any atom is 0.295 e. The monoisotopic (exact) mass is 540 g/mol. The van der Waals surface area contributed by atoms with Crippen molar-refractivity contribution in [3.63, 3.8) is 0 Å². The molecule has 0 aliphatic rings. The van der Waals surface area contributed by atoms with Crippen molar-refractivity contribution in [3.8, 4) is 0 Å². The number of fused-ring (bicyclic) bond motifs is 2. The molecule has 4 aromatic carbocycles. The minimum Gasteiger partial charge on any atom is -0.282 e. The van der Waals surface area contributed by atoms with E-state index in [1.54, 1.807) is 36.4 Å². The van der Waals surface area contributed by atoms with Gasteiger partial charge in [0.05, 0.1) is 0 Å². The SMILES string of the molecule is CCCCc1cc2ccccc2c(S(=O)(=O)O)c1Cc1c(CCCC)cc2ccccc2c1S(=O)(=O)O. The van der Waals surface area contributed by atoms with E-state index in [-0.39, 0.29) is 16.2 Å². The van der Waals surface area contributed by atoms with Crippen molar-refractivity contribution < 1.29 is 25.9 Å². The molecular weight excluding hydrogens is 508 g/mol. The third kappa shape index (κ3) is 5.72. The van der Waals surface area contributed by atoms with Gasteiger partial charge in [-0.15, -0.1) is 0 Å². The summed E-state index contributed by atoms with van der Waals surface area (Å²) in [4.78, 5) is -0.403. The summed E-state index contributed by atoms with van der Waals surface area (Å²) in [5, 5.41) is 2.13. The molecule has 37 heavy (non-hydrogen) atoms. The Morgan fingerprint density at radius 1 is 0.622 bits per heavy atom. The lowest BCUT2D eigenvalue weighted by molar-refractivity contribution is 0.482. The van der Waals surface area contributed by atoms with Gasteiger partial charge in [-0.2, -0.15) is 16.8 Å². The van der Waals surface area contributed by atoms with Gasteiger partial charge in [0, 0.05) is 17.2 Å². The van der Waals surface area contributed by atoms with Crippen molar-refractivity contribution in [2.75, 3.05) is 0 Å². The summed E-state index contributed by atoms with van der Waals surface area (Å²) in [5.41, 5.74) is 2.22. The van der Waals surface area contributed by atoms with Crippen molar-refractivity contribution in [1.82, 2.24) is 0 Å². The van der Waals surface area contributed by atoms with Crippen LogP contribution in [0.4, 0.5) is 0 Å². The van der Waals surface area contributed by atoms with E-state index in [1.807, 2.05) is 38.1 Å². The molecule has 0 amide bonds. The summed E-state index contributed by atoms with van der Waals surface area (Å²) in [5.74, 6) is 0. The second-order valence-electron chi connectivity index (χ2n) is 9.46. The highest BCUT2D eigenvalue weighted by Crippen LogP contribution is 2.37. The molecule has 6 nitrogen and oxygen atoms in total. The van der Waals surface area contributed by atoms with Crippen LogP contribution in [0.2, 0.25) is 0 Å². The van der Waals surface area contributed by atoms with Gasteiger partial charge >= 0.3 is 0 Å². The van der Waals surface area contributed by atoms with Crippen LogP contribution in [0.25, 0.3) is 21.5 Å². The predicted molar refractivity (Wildman–Crippen MR) is 148 cm³/mol. The van der Waals surface area contributed by atoms with Crippen molar-refractivity contribution in [2.45, 2.75) is 68.6 Å². The number of unbranched alkanes of at least 4 members (excludes halogenated alkanes) is 2. The second-order valence-corrected chi connectivity index (χ2v) is 12.2. The molecule has 0 unspecified atom stereocenters. The minimum absolute atomic E-state index is 0.0575. The third-order valence-electron chi connectivity index (χ3n) is 6.86. The van der Waals surface area contributed by atoms with E-state index in [9.17, 15) is 25.9 Å². The molecule has 0 aliphatic heterocycles. The largest absolute Gasteiger partial charge is 0.295 e. The molecule has 0 radical (unpaired) electrons. The summed E-state index contributed by atoms with van der Waals surface area (Å²) < 4.78 is 72.1. The van der Waals surface area contributed by atoms with Gasteiger partial charge in [-0.25, -0.2) is 0 Å². The highest BCUT2D eigenvalue weighted by atomic mass is 32.2. The maximum atomic E-state index is 12.8. The van der Waals surface area contributed by atoms with Gasteiger partial charge in [0.15, 0.2) is 0 Å². The summed E-state index contributed by atoms with van der Waals surface area (Å²) >= 11 is 0. The molecule has 196 valence electrons. The van der Waals surface area contributed by atoms with Gasteiger partial charge in [-0.05, 0) is 58.7 Å². The van der Waals surface area contributed by atoms with E-state index in [4.69, 9.17) is 0 Å². The van der Waals surface area contributed by atoms with Crippen LogP contribution >= 0.6 is 0 Å². The van der Waals surface area contributed by atoms with Crippen LogP contribution in [0.3, 0.4) is 0 Å². The first kappa shape index (κ1) is 27.3. The number of hydrogen-bond acceptors (Lipinski definition) is 4. The Morgan fingerprint density at radius 3 is 1.35 bits per heavy atom. The summed E-state index contributed by atoms with van der Waals surface area (Å²) in [6.07, 6.45) is 4.42. The van der Waals surface area contributed by atoms with Crippen molar-refractivity contribution in [1.29, 1.82) is 0 Å². The van der Waals surface area contributed by atoms with E-state index < -0.39 is 20.2 Å². The van der Waals surface area contributed by atoms with Gasteiger partial charge in [0.25, 0.3) is 20.2 Å². The van der Waals surface area contributed by atoms with Crippen molar-refractivity contribution >= 4 is 41.8 Å². The van der Waals surface area contributed by atoms with Crippen molar-refractivity contribution in [2.24, 2.45) is 0 Å². The molecule has 4 rings (SSSR count). The minimum atomic E-state index is -4.66. The van der Waals surface area contributed by atoms with Crippen LogP contribution in [0.1, 0.15) is 61.8 Å². The Morgan fingerprint density at radius 2 is 1.00 bits per heavy atom. The van der Waals surface area contributed by atoms with Crippen LogP contribution in [0.15, 0.2) is 70.5 Å². The molecule has 0 spiro atoms. The fourth-order valence-electron chi connectivity index (χ4n) is 5.16. The van der Waals surface area contributed by atoms with E-state index in [0.717, 1.165) is 36.8 Å². The number of hydrogen-bond donors (Lipinski definition) is 2. The normalized spacial score (nSPS) is 12.4. The number of benzene rings is 4. The Hall–Kier alpha value is -2.78. The first-order valence-corrected chi connectivity index (χ1v) is 15.5. The average Bonchev–Trinajstić information content (AvgIpc) is 2.84. The Balaban J connectivity index is 2.12. The summed E-state index contributed by atoms with van der Waals surface area (Å²) in [6, 6.07) is 17.8. The molecular formula is C29H32O6S2. The molecule has 0 saturated carbocycles. The fourth-order valence-corrected chi connectivity index (χ4v) is 7.12. The van der Waals surface area contributed by atoms with Gasteiger partial charge in [0.2, 0.25) is 0 Å². The Bertz CT molecular complexity index is 1550. The van der Waals surface area contributed by atoms with Crippen LogP contribution in [0, 0.1) is 0 Å². The number of aryl methyl sites for hydroxylation is 2. The zero-order valence-electron chi connectivity index (χ0n) is 21.1. The van der Waals surface area contributed by atoms with Gasteiger partial charge in [-0.1, -0.05) is 87.4 Å². The topological polar surface area (TPSA) is 109 Å². The lowest BCUT2D eigenvalue weighted by atomic mass is 9.89. The van der Waals surface area contributed by atoms with Gasteiger partial charge < -0.3 is 0 Å². The molecule has 0 bridgehead atoms. The fraction of sp³-hybridized carbons (Fsp3) is 0.310. The Kier molecular flexibility index (Phi) is 8.04. The van der Waals surface area contributed by atoms with E-state index >= 15 is 0 Å². The standard InChI is InChI=1S/C29H32O6S2/c1-3-5-11-22-17-20-13-7-9-15-24(20)28(36(30,31)32)26(22)19-27-23(12-6-4-2)18-21-14-8-10-16-25(21)29(27)37(33,34)35/h7-10,13-18H,3-6,11-12,19H2,1-2H3,(H,30,31,32)(H,33,34,35). The zero-order valence-corrected chi connectivity index (χ0v) is 22.7. The van der Waals surface area contributed by atoms with Crippen LogP contribution in [0.5, 0.6) is 0 Å². The first-order chi connectivity index (χ1) is 17.6. The maximum absolute atomic E-state index is 12.8. The molecule has 0 heterocycles. The predicted octanol–water partition coefficient (Wildman–Crippen LogP) is 6.76. The zero-order chi connectivity index (χ0) is 26.8. The lowest BCUT2D eigenvalue weighted by Gasteiger charge is -2.21. The molecule has 0 saturated heterocycles. The quantitative estimate of drug-likeness (QED) is 0.215. The highest BCUT2D eigenvalue weighted by molar-refractivity contribution is 7.86. The molecule has 0 fully saturated rings.